The van der Waals surface area contributed by atoms with Crippen molar-refractivity contribution in [3.8, 4) is 18.2 Å². The number of nitriles is 3. The zero-order valence-electron chi connectivity index (χ0n) is 37.7. The smallest absolute Gasteiger partial charge is 0.0659 e. The van der Waals surface area contributed by atoms with E-state index >= 15 is 0 Å². The predicted molar refractivity (Wildman–Crippen MR) is 247 cm³/mol. The van der Waals surface area contributed by atoms with Gasteiger partial charge in [-0.25, -0.2) is 0 Å². The van der Waals surface area contributed by atoms with E-state index in [0.29, 0.717) is 71.5 Å². The van der Waals surface area contributed by atoms with Crippen LogP contribution in [0.1, 0.15) is 161 Å². The minimum Gasteiger partial charge on any atom is -0.368 e. The Balaban J connectivity index is 0.954. The maximum Gasteiger partial charge on any atom is 0.0659 e. The molecule has 0 N–H and O–H groups in total. The van der Waals surface area contributed by atoms with Crippen LogP contribution in [0.3, 0.4) is 0 Å². The van der Waals surface area contributed by atoms with Crippen LogP contribution in [0.5, 0.6) is 0 Å². The topological polar surface area (TPSA) is 77.8 Å². The number of rotatable bonds is 6. The van der Waals surface area contributed by atoms with Gasteiger partial charge in [-0.1, -0.05) is 81.1 Å². The van der Waals surface area contributed by atoms with Crippen LogP contribution in [-0.4, -0.2) is 34.0 Å². The van der Waals surface area contributed by atoms with Gasteiger partial charge in [-0.05, 0) is 186 Å². The number of nitrogens with zero attached hydrogens (tertiary/aromatic N) is 5. The molecule has 0 spiro atoms. The highest BCUT2D eigenvalue weighted by atomic mass is 15.3. The average Bonchev–Trinajstić information content (AvgIpc) is 3.86. The molecule has 5 nitrogen and oxygen atoms in total. The summed E-state index contributed by atoms with van der Waals surface area (Å²) in [6.07, 6.45) is 50.6. The fourth-order valence-corrected chi connectivity index (χ4v) is 17.0. The number of fused-ring (bicyclic) bond motifs is 4. The quantitative estimate of drug-likeness (QED) is 0.266. The summed E-state index contributed by atoms with van der Waals surface area (Å²) in [7, 11) is 0. The molecule has 0 aromatic carbocycles. The Labute approximate surface area is 374 Å². The lowest BCUT2D eigenvalue weighted by Crippen LogP contribution is -2.53. The summed E-state index contributed by atoms with van der Waals surface area (Å²) in [5.74, 6) is 5.40. The summed E-state index contributed by atoms with van der Waals surface area (Å²) in [5, 5.41) is 30.8. The summed E-state index contributed by atoms with van der Waals surface area (Å²) < 4.78 is 0. The Morgan fingerprint density at radius 2 is 1.24 bits per heavy atom. The molecule has 11 aliphatic rings. The van der Waals surface area contributed by atoms with Gasteiger partial charge in [0.1, 0.15) is 0 Å². The molecule has 0 radical (unpaired) electrons. The van der Waals surface area contributed by atoms with Crippen LogP contribution in [0.4, 0.5) is 0 Å². The predicted octanol–water partition coefficient (Wildman–Crippen LogP) is 13.3. The molecule has 2 aliphatic heterocycles. The van der Waals surface area contributed by atoms with Crippen LogP contribution in [0.15, 0.2) is 82.3 Å². The monoisotopic (exact) mass is 828 g/mol. The lowest BCUT2D eigenvalue weighted by Gasteiger charge is -2.52. The Kier molecular flexibility index (Phi) is 11.7. The molecule has 0 aromatic rings. The molecular formula is C57H73N5. The van der Waals surface area contributed by atoms with Crippen LogP contribution in [0, 0.1) is 99.1 Å². The third-order valence-corrected chi connectivity index (χ3v) is 19.4. The van der Waals surface area contributed by atoms with Crippen LogP contribution >= 0.6 is 0 Å². The lowest BCUT2D eigenvalue weighted by atomic mass is 9.58. The van der Waals surface area contributed by atoms with Gasteiger partial charge in [0, 0.05) is 53.2 Å². The second-order valence-corrected chi connectivity index (χ2v) is 22.3. The highest BCUT2D eigenvalue weighted by Gasteiger charge is 2.53. The standard InChI is InChI=1S/C57H73N5/c58-34-37-25-27-56-52(29-37)53-30-38(35-59)26-28-57(53)62(56)42-32-40(31-41(33-42)61-54-23-11-9-21-50(54)51-22-10-12-24-55(51)61)44-15-3-4-17-46(44)48-19-7-8-20-49(48)47-18-6-5-16-45(47)43-14-2-1-13-39(43)36-60/h9,11-12,19-21,23-24,37-47,50,52,54,56H,1-8,10,13-18,22,25-33H2. The molecule has 15 atom stereocenters. The van der Waals surface area contributed by atoms with E-state index in [1.54, 1.807) is 33.7 Å². The Morgan fingerprint density at radius 3 is 2.02 bits per heavy atom. The molecule has 5 fully saturated rings. The Bertz CT molecular complexity index is 2070. The summed E-state index contributed by atoms with van der Waals surface area (Å²) in [5.41, 5.74) is 9.98. The highest BCUT2D eigenvalue weighted by Crippen LogP contribution is 2.57. The summed E-state index contributed by atoms with van der Waals surface area (Å²) in [4.78, 5) is 6.02. The molecule has 62 heavy (non-hydrogen) atoms. The van der Waals surface area contributed by atoms with Crippen LogP contribution in [0.2, 0.25) is 0 Å². The molecule has 15 unspecified atom stereocenters. The molecule has 11 rings (SSSR count). The van der Waals surface area contributed by atoms with Crippen molar-refractivity contribution in [3.63, 3.8) is 0 Å². The van der Waals surface area contributed by atoms with E-state index < -0.39 is 0 Å². The zero-order valence-corrected chi connectivity index (χ0v) is 37.7. The first-order valence-corrected chi connectivity index (χ1v) is 26.3. The largest absolute Gasteiger partial charge is 0.368 e. The van der Waals surface area contributed by atoms with E-state index in [2.05, 4.69) is 76.6 Å². The first-order chi connectivity index (χ1) is 30.6. The SMILES string of the molecule is N#CC1CCC2=C(C1)C1CC(C#N)CCC1N2C1CC(C2CCCCC2C2=CCCC=C2C2CCCCC2C2CCCCC2C#N)CC(N2C3=C(CCC=C3)C3C=CC=CC32)C1. The van der Waals surface area contributed by atoms with Crippen molar-refractivity contribution in [1.82, 2.24) is 9.80 Å². The highest BCUT2D eigenvalue weighted by molar-refractivity contribution is 5.44. The normalized spacial score (nSPS) is 42.8. The van der Waals surface area contributed by atoms with Crippen molar-refractivity contribution in [2.75, 3.05) is 0 Å². The van der Waals surface area contributed by atoms with E-state index in [9.17, 15) is 15.8 Å². The van der Waals surface area contributed by atoms with Crippen molar-refractivity contribution in [2.24, 2.45) is 65.1 Å². The van der Waals surface area contributed by atoms with E-state index in [4.69, 9.17) is 0 Å². The van der Waals surface area contributed by atoms with Gasteiger partial charge in [0.2, 0.25) is 0 Å². The van der Waals surface area contributed by atoms with Crippen molar-refractivity contribution in [2.45, 2.75) is 185 Å². The van der Waals surface area contributed by atoms with Gasteiger partial charge in [0.15, 0.2) is 0 Å². The van der Waals surface area contributed by atoms with Crippen LogP contribution in [0.25, 0.3) is 0 Å². The van der Waals surface area contributed by atoms with E-state index in [1.165, 1.54) is 116 Å². The summed E-state index contributed by atoms with van der Waals surface area (Å²) in [6, 6.07) is 10.2. The van der Waals surface area contributed by atoms with E-state index in [0.717, 1.165) is 44.9 Å². The Hall–Kier alpha value is -3.75. The van der Waals surface area contributed by atoms with E-state index in [1.807, 2.05) is 0 Å². The summed E-state index contributed by atoms with van der Waals surface area (Å²) >= 11 is 0. The average molecular weight is 828 g/mol. The first kappa shape index (κ1) is 41.0. The number of allylic oxidation sites excluding steroid dienone is 9. The van der Waals surface area contributed by atoms with Crippen molar-refractivity contribution < 1.29 is 0 Å². The van der Waals surface area contributed by atoms with Crippen LogP contribution in [-0.2, 0) is 0 Å². The molecule has 0 aromatic heterocycles. The molecule has 5 heteroatoms. The molecule has 9 aliphatic carbocycles. The molecule has 0 amide bonds. The molecule has 326 valence electrons. The molecule has 0 saturated heterocycles. The van der Waals surface area contributed by atoms with Crippen molar-refractivity contribution >= 4 is 0 Å². The molecule has 2 heterocycles. The minimum absolute atomic E-state index is 0.126. The van der Waals surface area contributed by atoms with Gasteiger partial charge in [-0.2, -0.15) is 15.8 Å². The molecular weight excluding hydrogens is 755 g/mol. The third kappa shape index (κ3) is 7.22. The van der Waals surface area contributed by atoms with Crippen molar-refractivity contribution in [1.29, 1.82) is 15.8 Å². The molecule has 0 bridgehead atoms. The maximum absolute atomic E-state index is 10.4. The van der Waals surface area contributed by atoms with Gasteiger partial charge in [0.05, 0.1) is 30.2 Å². The fraction of sp³-hybridized carbons (Fsp3) is 0.702. The first-order valence-electron chi connectivity index (χ1n) is 26.3. The molecule has 5 saturated carbocycles. The second-order valence-electron chi connectivity index (χ2n) is 22.3. The fourth-order valence-electron chi connectivity index (χ4n) is 17.0. The van der Waals surface area contributed by atoms with Crippen LogP contribution < -0.4 is 0 Å². The van der Waals surface area contributed by atoms with Gasteiger partial charge in [0.25, 0.3) is 0 Å². The maximum atomic E-state index is 10.4. The summed E-state index contributed by atoms with van der Waals surface area (Å²) in [6.45, 7) is 0. The van der Waals surface area contributed by atoms with E-state index in [-0.39, 0.29) is 17.8 Å². The number of hydrogen-bond acceptors (Lipinski definition) is 5. The van der Waals surface area contributed by atoms with Gasteiger partial charge in [-0.3, -0.25) is 0 Å². The lowest BCUT2D eigenvalue weighted by molar-refractivity contribution is 0.0196. The van der Waals surface area contributed by atoms with Gasteiger partial charge in [-0.15, -0.1) is 0 Å². The third-order valence-electron chi connectivity index (χ3n) is 19.4. The van der Waals surface area contributed by atoms with Gasteiger partial charge < -0.3 is 9.80 Å². The Morgan fingerprint density at radius 1 is 0.548 bits per heavy atom. The van der Waals surface area contributed by atoms with Crippen molar-refractivity contribution in [3.05, 3.63) is 82.3 Å². The van der Waals surface area contributed by atoms with Gasteiger partial charge >= 0.3 is 0 Å². The number of hydrogen-bond donors (Lipinski definition) is 0. The minimum atomic E-state index is 0.126. The zero-order chi connectivity index (χ0) is 41.7. The second kappa shape index (κ2) is 17.7.